The first-order valence-electron chi connectivity index (χ1n) is 6.23. The van der Waals surface area contributed by atoms with Gasteiger partial charge in [0.1, 0.15) is 0 Å². The summed E-state index contributed by atoms with van der Waals surface area (Å²) in [6.45, 7) is 0. The summed E-state index contributed by atoms with van der Waals surface area (Å²) in [7, 11) is 0. The molecule has 82 valence electrons. The van der Waals surface area contributed by atoms with Crippen molar-refractivity contribution in [1.29, 1.82) is 0 Å². The maximum absolute atomic E-state index is 2.55. The van der Waals surface area contributed by atoms with Gasteiger partial charge in [-0.25, -0.2) is 0 Å². The first kappa shape index (κ1) is 10.6. The molecule has 0 saturated carbocycles. The zero-order valence-electron chi connectivity index (χ0n) is 9.93. The average Bonchev–Trinajstić information content (AvgIpc) is 2.48. The van der Waals surface area contributed by atoms with E-state index in [9.17, 15) is 0 Å². The summed E-state index contributed by atoms with van der Waals surface area (Å²) in [4.78, 5) is 0. The molecule has 0 spiro atoms. The molecule has 0 aromatic heterocycles. The van der Waals surface area contributed by atoms with Crippen LogP contribution in [0.1, 0.15) is 11.1 Å². The van der Waals surface area contributed by atoms with Crippen LogP contribution in [-0.4, -0.2) is 27.3 Å². The molecule has 0 bridgehead atoms. The Kier molecular flexibility index (Phi) is 2.43. The van der Waals surface area contributed by atoms with Crippen LogP contribution < -0.4 is 0 Å². The van der Waals surface area contributed by atoms with E-state index in [0.717, 1.165) is 0 Å². The Morgan fingerprint density at radius 3 is 1.83 bits per heavy atom. The van der Waals surface area contributed by atoms with Gasteiger partial charge < -0.3 is 0 Å². The van der Waals surface area contributed by atoms with Gasteiger partial charge in [0, 0.05) is 0 Å². The zero-order chi connectivity index (χ0) is 11.9. The van der Waals surface area contributed by atoms with Crippen molar-refractivity contribution < 1.29 is 0 Å². The van der Waals surface area contributed by atoms with Crippen molar-refractivity contribution in [3.8, 4) is 0 Å². The normalized spacial score (nSPS) is 12.7. The van der Waals surface area contributed by atoms with Crippen molar-refractivity contribution >= 4 is 54.9 Å². The summed E-state index contributed by atoms with van der Waals surface area (Å²) in [5.41, 5.74) is 2.91. The standard InChI is InChI=1S/C17H11.Tl/c1-3-13-12(2)14-8-4-5-10-16(14)17-11-7-6-9-15(13)17;/h1-11H;. The van der Waals surface area contributed by atoms with Crippen LogP contribution in [0, 0.1) is 0 Å². The summed E-state index contributed by atoms with van der Waals surface area (Å²) in [6.07, 6.45) is 2.36. The van der Waals surface area contributed by atoms with E-state index in [0.29, 0.717) is 0 Å². The van der Waals surface area contributed by atoms with Crippen molar-refractivity contribution in [3.05, 3.63) is 63.3 Å². The molecule has 1 aliphatic heterocycles. The van der Waals surface area contributed by atoms with E-state index in [1.165, 1.54) is 32.7 Å². The minimum atomic E-state index is -0.759. The van der Waals surface area contributed by atoms with Gasteiger partial charge in [-0.15, -0.1) is 0 Å². The van der Waals surface area contributed by atoms with Gasteiger partial charge in [0.25, 0.3) is 0 Å². The van der Waals surface area contributed by atoms with E-state index >= 15 is 0 Å². The van der Waals surface area contributed by atoms with Gasteiger partial charge >= 0.3 is 118 Å². The molecule has 1 heterocycles. The van der Waals surface area contributed by atoms with Crippen molar-refractivity contribution in [3.63, 3.8) is 0 Å². The van der Waals surface area contributed by atoms with E-state index in [1.807, 2.05) is 0 Å². The van der Waals surface area contributed by atoms with E-state index in [2.05, 4.69) is 61.8 Å². The summed E-state index contributed by atoms with van der Waals surface area (Å²) in [5, 5.41) is 5.59. The van der Waals surface area contributed by atoms with Gasteiger partial charge in [-0.2, -0.15) is 0 Å². The molecule has 3 aromatic rings. The molecule has 0 amide bonds. The number of benzene rings is 3. The Morgan fingerprint density at radius 2 is 1.17 bits per heavy atom. The van der Waals surface area contributed by atoms with Gasteiger partial charge in [-0.1, -0.05) is 0 Å². The average molecular weight is 420 g/mol. The fourth-order valence-corrected chi connectivity index (χ4v) is 6.61. The fourth-order valence-electron chi connectivity index (χ4n) is 2.86. The molecule has 0 nitrogen and oxygen atoms in total. The zero-order valence-corrected chi connectivity index (χ0v) is 14.4. The molecule has 18 heavy (non-hydrogen) atoms. The maximum atomic E-state index is 2.55. The predicted octanol–water partition coefficient (Wildman–Crippen LogP) is 3.83. The molecule has 1 heteroatoms. The van der Waals surface area contributed by atoms with Gasteiger partial charge in [0.15, 0.2) is 0 Å². The Morgan fingerprint density at radius 1 is 0.611 bits per heavy atom. The number of hydrogen-bond acceptors (Lipinski definition) is 0. The van der Waals surface area contributed by atoms with Crippen LogP contribution in [0.15, 0.2) is 52.2 Å². The van der Waals surface area contributed by atoms with E-state index in [4.69, 9.17) is 0 Å². The number of fused-ring (bicyclic) bond motifs is 6. The Bertz CT molecular complexity index is 755. The molecule has 4 rings (SSSR count). The summed E-state index contributed by atoms with van der Waals surface area (Å²) in [6, 6.07) is 17.6. The molecular formula is C17H11Tl. The van der Waals surface area contributed by atoms with Gasteiger partial charge in [-0.05, 0) is 0 Å². The third-order valence-corrected chi connectivity index (χ3v) is 7.31. The van der Waals surface area contributed by atoms with E-state index in [1.54, 1.807) is 0 Å². The second-order valence-corrected chi connectivity index (χ2v) is 8.93. The molecular weight excluding hydrogens is 409 g/mol. The Balaban J connectivity index is 2.37. The first-order chi connectivity index (χ1) is 8.95. The molecule has 3 aromatic carbocycles. The SMILES string of the molecule is [CH]1=Cc2c(c3ccccc3c3ccccc23)[CH]=[Tl]1. The summed E-state index contributed by atoms with van der Waals surface area (Å²) >= 11 is -0.759. The van der Waals surface area contributed by atoms with Crippen LogP contribution in [0.25, 0.3) is 27.6 Å². The topological polar surface area (TPSA) is 0 Å². The molecule has 0 atom stereocenters. The molecule has 0 aliphatic carbocycles. The van der Waals surface area contributed by atoms with Crippen LogP contribution in [0.4, 0.5) is 0 Å². The van der Waals surface area contributed by atoms with Crippen molar-refractivity contribution in [2.24, 2.45) is 0 Å². The first-order valence-corrected chi connectivity index (χ1v) is 11.4. The summed E-state index contributed by atoms with van der Waals surface area (Å²) in [5.74, 6) is 0. The quantitative estimate of drug-likeness (QED) is 0.384. The van der Waals surface area contributed by atoms with Crippen LogP contribution >= 0.6 is 0 Å². The van der Waals surface area contributed by atoms with E-state index in [-0.39, 0.29) is 0 Å². The van der Waals surface area contributed by atoms with Gasteiger partial charge in [0.2, 0.25) is 0 Å². The molecule has 0 saturated heterocycles. The van der Waals surface area contributed by atoms with E-state index < -0.39 is 23.7 Å². The Labute approximate surface area is 118 Å². The Hall–Kier alpha value is -1.29. The minimum absolute atomic E-state index is 0.759. The van der Waals surface area contributed by atoms with Crippen LogP contribution in [0.2, 0.25) is 0 Å². The van der Waals surface area contributed by atoms with Crippen LogP contribution in [-0.2, 0) is 0 Å². The van der Waals surface area contributed by atoms with Gasteiger partial charge in [0.05, 0.1) is 0 Å². The van der Waals surface area contributed by atoms with Crippen molar-refractivity contribution in [2.75, 3.05) is 0 Å². The summed E-state index contributed by atoms with van der Waals surface area (Å²) < 4.78 is 4.99. The van der Waals surface area contributed by atoms with Crippen LogP contribution in [0.5, 0.6) is 0 Å². The molecule has 0 N–H and O–H groups in total. The molecule has 0 radical (unpaired) electrons. The molecule has 0 fully saturated rings. The molecule has 1 aliphatic rings. The van der Waals surface area contributed by atoms with Crippen molar-refractivity contribution in [2.45, 2.75) is 0 Å². The monoisotopic (exact) mass is 420 g/mol. The van der Waals surface area contributed by atoms with Gasteiger partial charge in [-0.3, -0.25) is 0 Å². The third-order valence-electron chi connectivity index (χ3n) is 3.65. The second kappa shape index (κ2) is 4.13. The van der Waals surface area contributed by atoms with Crippen LogP contribution in [0.3, 0.4) is 0 Å². The van der Waals surface area contributed by atoms with Crippen molar-refractivity contribution in [1.82, 2.24) is 0 Å². The second-order valence-electron chi connectivity index (χ2n) is 4.64. The number of rotatable bonds is 0. The molecule has 0 unspecified atom stereocenters. The third kappa shape index (κ3) is 1.45. The fraction of sp³-hybridized carbons (Fsp3) is 0. The number of hydrogen-bond donors (Lipinski definition) is 0. The predicted molar refractivity (Wildman–Crippen MR) is 81.4 cm³/mol.